The quantitative estimate of drug-likeness (QED) is 0.722. The Bertz CT molecular complexity index is 747. The van der Waals surface area contributed by atoms with E-state index in [1.165, 1.54) is 21.9 Å². The molecule has 0 aliphatic heterocycles. The highest BCUT2D eigenvalue weighted by atomic mass is 16.1. The molecule has 0 heterocycles. The molecule has 2 nitrogen and oxygen atoms in total. The number of carbonyl (C=O) groups excluding carboxylic acids is 2. The van der Waals surface area contributed by atoms with Crippen molar-refractivity contribution in [1.82, 2.24) is 0 Å². The SMILES string of the molecule is C[C@@H]1CCc2c(ccc3c4c(ccc23)C(=O)[C@@H](C)CC4)C1=O. The molecule has 0 amide bonds. The van der Waals surface area contributed by atoms with Crippen molar-refractivity contribution in [2.75, 3.05) is 0 Å². The maximum Gasteiger partial charge on any atom is 0.165 e. The molecule has 0 saturated carbocycles. The summed E-state index contributed by atoms with van der Waals surface area (Å²) >= 11 is 0. The lowest BCUT2D eigenvalue weighted by atomic mass is 9.77. The molecule has 0 unspecified atom stereocenters. The van der Waals surface area contributed by atoms with E-state index < -0.39 is 0 Å². The summed E-state index contributed by atoms with van der Waals surface area (Å²) in [6, 6.07) is 8.09. The molecule has 0 aromatic heterocycles. The Balaban J connectivity index is 1.98. The fourth-order valence-corrected chi connectivity index (χ4v) is 4.05. The predicted molar refractivity (Wildman–Crippen MR) is 87.6 cm³/mol. The molecule has 0 bridgehead atoms. The van der Waals surface area contributed by atoms with Crippen molar-refractivity contribution in [3.8, 4) is 0 Å². The van der Waals surface area contributed by atoms with E-state index in [1.807, 2.05) is 26.0 Å². The summed E-state index contributed by atoms with van der Waals surface area (Å²) in [7, 11) is 0. The highest BCUT2D eigenvalue weighted by Gasteiger charge is 2.28. The summed E-state index contributed by atoms with van der Waals surface area (Å²) in [5.41, 5.74) is 4.16. The van der Waals surface area contributed by atoms with E-state index in [4.69, 9.17) is 0 Å². The molecular weight excluding hydrogens is 272 g/mol. The van der Waals surface area contributed by atoms with Crippen LogP contribution in [0.1, 0.15) is 58.5 Å². The zero-order valence-electron chi connectivity index (χ0n) is 13.1. The van der Waals surface area contributed by atoms with Crippen LogP contribution < -0.4 is 0 Å². The lowest BCUT2D eigenvalue weighted by Crippen LogP contribution is -2.22. The van der Waals surface area contributed by atoms with Gasteiger partial charge in [0.25, 0.3) is 0 Å². The van der Waals surface area contributed by atoms with Gasteiger partial charge >= 0.3 is 0 Å². The van der Waals surface area contributed by atoms with Crippen molar-refractivity contribution in [2.24, 2.45) is 11.8 Å². The minimum atomic E-state index is 0.130. The molecule has 0 N–H and O–H groups in total. The maximum atomic E-state index is 12.4. The predicted octanol–water partition coefficient (Wildman–Crippen LogP) is 4.37. The Hall–Kier alpha value is -1.96. The Morgan fingerprint density at radius 3 is 1.55 bits per heavy atom. The second-order valence-corrected chi connectivity index (χ2v) is 6.89. The zero-order valence-corrected chi connectivity index (χ0v) is 13.1. The van der Waals surface area contributed by atoms with Crippen LogP contribution in [0.3, 0.4) is 0 Å². The fraction of sp³-hybridized carbons (Fsp3) is 0.400. The van der Waals surface area contributed by atoms with Crippen LogP contribution in [0.2, 0.25) is 0 Å². The minimum absolute atomic E-state index is 0.130. The van der Waals surface area contributed by atoms with Gasteiger partial charge in [-0.15, -0.1) is 0 Å². The van der Waals surface area contributed by atoms with E-state index in [0.717, 1.165) is 36.8 Å². The second kappa shape index (κ2) is 4.77. The van der Waals surface area contributed by atoms with E-state index in [2.05, 4.69) is 12.1 Å². The van der Waals surface area contributed by atoms with Gasteiger partial charge in [0.2, 0.25) is 0 Å². The molecule has 0 saturated heterocycles. The molecule has 0 spiro atoms. The smallest absolute Gasteiger partial charge is 0.165 e. The maximum absolute atomic E-state index is 12.4. The molecule has 112 valence electrons. The first-order valence-corrected chi connectivity index (χ1v) is 8.24. The fourth-order valence-electron chi connectivity index (χ4n) is 4.05. The van der Waals surface area contributed by atoms with Crippen molar-refractivity contribution in [3.63, 3.8) is 0 Å². The molecule has 2 aromatic rings. The average Bonchev–Trinajstić information content (AvgIpc) is 2.53. The zero-order chi connectivity index (χ0) is 15.4. The van der Waals surface area contributed by atoms with Gasteiger partial charge in [0.1, 0.15) is 0 Å². The summed E-state index contributed by atoms with van der Waals surface area (Å²) in [6.07, 6.45) is 3.78. The molecule has 2 aromatic carbocycles. The van der Waals surface area contributed by atoms with E-state index in [1.54, 1.807) is 0 Å². The number of fused-ring (bicyclic) bond motifs is 5. The Kier molecular flexibility index (Phi) is 2.97. The average molecular weight is 292 g/mol. The first-order valence-electron chi connectivity index (χ1n) is 8.24. The molecule has 22 heavy (non-hydrogen) atoms. The molecule has 4 rings (SSSR count). The van der Waals surface area contributed by atoms with Crippen LogP contribution in [-0.4, -0.2) is 11.6 Å². The summed E-state index contributed by atoms with van der Waals surface area (Å²) in [5.74, 6) is 0.797. The first kappa shape index (κ1) is 13.7. The molecule has 2 heteroatoms. The molecule has 2 aliphatic carbocycles. The van der Waals surface area contributed by atoms with Gasteiger partial charge in [0.05, 0.1) is 0 Å². The van der Waals surface area contributed by atoms with Crippen LogP contribution in [-0.2, 0) is 12.8 Å². The van der Waals surface area contributed by atoms with Gasteiger partial charge in [-0.05, 0) is 47.6 Å². The van der Waals surface area contributed by atoms with Gasteiger partial charge in [-0.2, -0.15) is 0 Å². The van der Waals surface area contributed by atoms with Gasteiger partial charge in [0.15, 0.2) is 11.6 Å². The van der Waals surface area contributed by atoms with Crippen molar-refractivity contribution < 1.29 is 9.59 Å². The summed E-state index contributed by atoms with van der Waals surface area (Å²) in [4.78, 5) is 24.8. The molecule has 2 aliphatic rings. The van der Waals surface area contributed by atoms with Gasteiger partial charge in [-0.25, -0.2) is 0 Å². The number of ketones is 2. The second-order valence-electron chi connectivity index (χ2n) is 6.89. The van der Waals surface area contributed by atoms with Crippen molar-refractivity contribution in [3.05, 3.63) is 46.5 Å². The first-order chi connectivity index (χ1) is 10.6. The third-order valence-corrected chi connectivity index (χ3v) is 5.50. The van der Waals surface area contributed by atoms with Crippen molar-refractivity contribution in [1.29, 1.82) is 0 Å². The van der Waals surface area contributed by atoms with Gasteiger partial charge in [0, 0.05) is 23.0 Å². The normalized spacial score (nSPS) is 24.3. The van der Waals surface area contributed by atoms with Crippen LogP contribution in [0.25, 0.3) is 10.8 Å². The summed E-state index contributed by atoms with van der Waals surface area (Å²) < 4.78 is 0. The van der Waals surface area contributed by atoms with Crippen LogP contribution in [0, 0.1) is 11.8 Å². The standard InChI is InChI=1S/C20H20O2/c1-11-3-5-15-13-8-10-18-16(6-4-12(2)20(18)22)14(13)7-9-17(15)19(11)21/h7-12H,3-6H2,1-2H3/t11-,12+. The van der Waals surface area contributed by atoms with Crippen LogP contribution in [0.5, 0.6) is 0 Å². The lowest BCUT2D eigenvalue weighted by molar-refractivity contribution is 0.0906. The summed E-state index contributed by atoms with van der Waals surface area (Å²) in [5, 5.41) is 2.36. The van der Waals surface area contributed by atoms with Gasteiger partial charge < -0.3 is 0 Å². The highest BCUT2D eigenvalue weighted by molar-refractivity contribution is 6.09. The van der Waals surface area contributed by atoms with Crippen LogP contribution >= 0.6 is 0 Å². The van der Waals surface area contributed by atoms with Crippen molar-refractivity contribution in [2.45, 2.75) is 39.5 Å². The van der Waals surface area contributed by atoms with Crippen LogP contribution in [0.15, 0.2) is 24.3 Å². The number of benzene rings is 2. The number of aryl methyl sites for hydroxylation is 2. The molecule has 0 fully saturated rings. The third kappa shape index (κ3) is 1.79. The topological polar surface area (TPSA) is 34.1 Å². The molecule has 0 radical (unpaired) electrons. The van der Waals surface area contributed by atoms with E-state index in [9.17, 15) is 9.59 Å². The van der Waals surface area contributed by atoms with Gasteiger partial charge in [-0.3, -0.25) is 9.59 Å². The monoisotopic (exact) mass is 292 g/mol. The Morgan fingerprint density at radius 2 is 1.14 bits per heavy atom. The molecule has 2 atom stereocenters. The Morgan fingerprint density at radius 1 is 0.727 bits per heavy atom. The number of hydrogen-bond acceptors (Lipinski definition) is 2. The van der Waals surface area contributed by atoms with E-state index >= 15 is 0 Å². The lowest BCUT2D eigenvalue weighted by Gasteiger charge is -2.25. The third-order valence-electron chi connectivity index (χ3n) is 5.50. The number of rotatable bonds is 0. The largest absolute Gasteiger partial charge is 0.294 e. The van der Waals surface area contributed by atoms with Crippen molar-refractivity contribution >= 4 is 22.3 Å². The number of Topliss-reactive ketones (excluding diaryl/α,β-unsaturated/α-hetero) is 2. The number of carbonyl (C=O) groups is 2. The number of hydrogen-bond donors (Lipinski definition) is 0. The van der Waals surface area contributed by atoms with Crippen LogP contribution in [0.4, 0.5) is 0 Å². The van der Waals surface area contributed by atoms with E-state index in [-0.39, 0.29) is 23.4 Å². The highest BCUT2D eigenvalue weighted by Crippen LogP contribution is 2.36. The molecular formula is C20H20O2. The van der Waals surface area contributed by atoms with E-state index in [0.29, 0.717) is 0 Å². The summed E-state index contributed by atoms with van der Waals surface area (Å²) in [6.45, 7) is 4.03. The Labute approximate surface area is 130 Å². The van der Waals surface area contributed by atoms with Gasteiger partial charge in [-0.1, -0.05) is 38.1 Å². The minimum Gasteiger partial charge on any atom is -0.294 e.